The SMILES string of the molecule is Cl.Cl.O=C1COc2cccnc2N1C(CN1CCCC1)c1ccccc1. The van der Waals surface area contributed by atoms with E-state index >= 15 is 0 Å². The number of carbonyl (C=O) groups is 1. The zero-order chi connectivity index (χ0) is 16.4. The molecule has 0 bridgehead atoms. The Morgan fingerprint density at radius 2 is 1.77 bits per heavy atom. The van der Waals surface area contributed by atoms with Gasteiger partial charge < -0.3 is 9.64 Å². The van der Waals surface area contributed by atoms with Crippen molar-refractivity contribution in [3.8, 4) is 5.75 Å². The molecule has 0 N–H and O–H groups in total. The molecule has 0 saturated carbocycles. The Morgan fingerprint density at radius 1 is 1.04 bits per heavy atom. The van der Waals surface area contributed by atoms with E-state index in [-0.39, 0.29) is 43.4 Å². The summed E-state index contributed by atoms with van der Waals surface area (Å²) >= 11 is 0. The maximum absolute atomic E-state index is 12.7. The number of halogens is 2. The fourth-order valence-corrected chi connectivity index (χ4v) is 3.55. The van der Waals surface area contributed by atoms with E-state index in [2.05, 4.69) is 22.0 Å². The third-order valence-electron chi connectivity index (χ3n) is 4.72. The van der Waals surface area contributed by atoms with Gasteiger partial charge in [-0.25, -0.2) is 4.98 Å². The lowest BCUT2D eigenvalue weighted by Gasteiger charge is -2.36. The number of amides is 1. The topological polar surface area (TPSA) is 45.7 Å². The fraction of sp³-hybridized carbons (Fsp3) is 0.368. The van der Waals surface area contributed by atoms with Crippen molar-refractivity contribution < 1.29 is 9.53 Å². The molecule has 0 aliphatic carbocycles. The van der Waals surface area contributed by atoms with Gasteiger partial charge in [-0.05, 0) is 43.6 Å². The lowest BCUT2D eigenvalue weighted by molar-refractivity contribution is -0.122. The maximum atomic E-state index is 12.7. The summed E-state index contributed by atoms with van der Waals surface area (Å²) in [7, 11) is 0. The van der Waals surface area contributed by atoms with Gasteiger partial charge in [0.1, 0.15) is 0 Å². The second kappa shape index (κ2) is 9.21. The minimum atomic E-state index is -0.0469. The molecule has 1 amide bonds. The molecule has 3 heterocycles. The molecular formula is C19H23Cl2N3O2. The van der Waals surface area contributed by atoms with Crippen LogP contribution in [0.15, 0.2) is 48.7 Å². The number of ether oxygens (including phenoxy) is 1. The summed E-state index contributed by atoms with van der Waals surface area (Å²) in [5, 5.41) is 0. The average Bonchev–Trinajstić information content (AvgIpc) is 3.14. The van der Waals surface area contributed by atoms with Crippen LogP contribution in [-0.2, 0) is 4.79 Å². The van der Waals surface area contributed by atoms with Crippen LogP contribution in [0, 0.1) is 0 Å². The van der Waals surface area contributed by atoms with Crippen LogP contribution < -0.4 is 9.64 Å². The lowest BCUT2D eigenvalue weighted by Crippen LogP contribution is -2.45. The van der Waals surface area contributed by atoms with E-state index < -0.39 is 0 Å². The first-order valence-electron chi connectivity index (χ1n) is 8.50. The average molecular weight is 396 g/mol. The number of hydrogen-bond acceptors (Lipinski definition) is 4. The molecule has 1 aromatic carbocycles. The molecule has 0 spiro atoms. The summed E-state index contributed by atoms with van der Waals surface area (Å²) in [6.45, 7) is 3.08. The van der Waals surface area contributed by atoms with E-state index in [0.717, 1.165) is 25.2 Å². The van der Waals surface area contributed by atoms with Crippen LogP contribution in [0.5, 0.6) is 5.75 Å². The quantitative estimate of drug-likeness (QED) is 0.794. The minimum absolute atomic E-state index is 0. The Labute approximate surface area is 166 Å². The van der Waals surface area contributed by atoms with Crippen LogP contribution in [0.1, 0.15) is 24.4 Å². The Morgan fingerprint density at radius 3 is 2.50 bits per heavy atom. The third kappa shape index (κ3) is 4.11. The van der Waals surface area contributed by atoms with Crippen molar-refractivity contribution >= 4 is 36.5 Å². The highest BCUT2D eigenvalue weighted by molar-refractivity contribution is 5.97. The number of nitrogens with zero attached hydrogens (tertiary/aromatic N) is 3. The van der Waals surface area contributed by atoms with Gasteiger partial charge in [-0.15, -0.1) is 24.8 Å². The molecule has 1 unspecified atom stereocenters. The van der Waals surface area contributed by atoms with Gasteiger partial charge in [0.25, 0.3) is 5.91 Å². The molecule has 7 heteroatoms. The lowest BCUT2D eigenvalue weighted by atomic mass is 10.0. The molecule has 4 rings (SSSR count). The highest BCUT2D eigenvalue weighted by atomic mass is 35.5. The standard InChI is InChI=1S/C19H21N3O2.2ClH/c23-18-14-24-17-9-6-10-20-19(17)22(18)16(13-21-11-4-5-12-21)15-7-2-1-3-8-15;;/h1-3,6-10,16H,4-5,11-14H2;2*1H. The summed E-state index contributed by atoms with van der Waals surface area (Å²) < 4.78 is 5.55. The van der Waals surface area contributed by atoms with Crippen molar-refractivity contribution in [3.63, 3.8) is 0 Å². The number of likely N-dealkylation sites (tertiary alicyclic amines) is 1. The largest absolute Gasteiger partial charge is 0.480 e. The van der Waals surface area contributed by atoms with Gasteiger partial charge in [0, 0.05) is 12.7 Å². The van der Waals surface area contributed by atoms with E-state index in [1.807, 2.05) is 35.2 Å². The second-order valence-electron chi connectivity index (χ2n) is 6.31. The van der Waals surface area contributed by atoms with E-state index in [4.69, 9.17) is 4.74 Å². The molecule has 2 aliphatic heterocycles. The number of fused-ring (bicyclic) bond motifs is 1. The van der Waals surface area contributed by atoms with Crippen LogP contribution in [0.4, 0.5) is 5.82 Å². The first kappa shape index (κ1) is 20.5. The fourth-order valence-electron chi connectivity index (χ4n) is 3.55. The Balaban J connectivity index is 0.00000121. The monoisotopic (exact) mass is 395 g/mol. The molecule has 140 valence electrons. The normalized spacial score (nSPS) is 17.5. The van der Waals surface area contributed by atoms with Crippen molar-refractivity contribution in [1.29, 1.82) is 0 Å². The molecule has 5 nitrogen and oxygen atoms in total. The molecule has 1 fully saturated rings. The molecule has 1 saturated heterocycles. The smallest absolute Gasteiger partial charge is 0.266 e. The Hall–Kier alpha value is -1.82. The van der Waals surface area contributed by atoms with Gasteiger partial charge in [-0.2, -0.15) is 0 Å². The van der Waals surface area contributed by atoms with Crippen molar-refractivity contribution in [1.82, 2.24) is 9.88 Å². The van der Waals surface area contributed by atoms with Crippen LogP contribution in [0.25, 0.3) is 0 Å². The van der Waals surface area contributed by atoms with Crippen LogP contribution in [0.2, 0.25) is 0 Å². The second-order valence-corrected chi connectivity index (χ2v) is 6.31. The summed E-state index contributed by atoms with van der Waals surface area (Å²) in [6, 6.07) is 13.9. The van der Waals surface area contributed by atoms with Gasteiger partial charge in [-0.1, -0.05) is 30.3 Å². The number of aromatic nitrogens is 1. The zero-order valence-corrected chi connectivity index (χ0v) is 16.0. The van der Waals surface area contributed by atoms with Crippen LogP contribution in [0.3, 0.4) is 0 Å². The molecule has 26 heavy (non-hydrogen) atoms. The molecule has 1 aromatic heterocycles. The Kier molecular flexibility index (Phi) is 7.26. The highest BCUT2D eigenvalue weighted by Gasteiger charge is 2.35. The van der Waals surface area contributed by atoms with E-state index in [1.54, 1.807) is 6.20 Å². The van der Waals surface area contributed by atoms with Crippen molar-refractivity contribution in [3.05, 3.63) is 54.2 Å². The molecule has 0 radical (unpaired) electrons. The summed E-state index contributed by atoms with van der Waals surface area (Å²) in [6.07, 6.45) is 4.17. The van der Waals surface area contributed by atoms with Crippen molar-refractivity contribution in [2.75, 3.05) is 31.1 Å². The van der Waals surface area contributed by atoms with E-state index in [9.17, 15) is 4.79 Å². The predicted octanol–water partition coefficient (Wildman–Crippen LogP) is 3.49. The van der Waals surface area contributed by atoms with Gasteiger partial charge in [0.2, 0.25) is 0 Å². The molecule has 1 atom stereocenters. The zero-order valence-electron chi connectivity index (χ0n) is 14.4. The molecule has 2 aliphatic rings. The van der Waals surface area contributed by atoms with Gasteiger partial charge in [-0.3, -0.25) is 9.69 Å². The molecular weight excluding hydrogens is 373 g/mol. The first-order valence-corrected chi connectivity index (χ1v) is 8.50. The Bertz CT molecular complexity index is 724. The predicted molar refractivity (Wildman–Crippen MR) is 107 cm³/mol. The van der Waals surface area contributed by atoms with E-state index in [0.29, 0.717) is 11.6 Å². The number of pyridine rings is 1. The first-order chi connectivity index (χ1) is 11.8. The highest BCUT2D eigenvalue weighted by Crippen LogP contribution is 2.36. The summed E-state index contributed by atoms with van der Waals surface area (Å²) in [4.78, 5) is 21.4. The number of carbonyl (C=O) groups excluding carboxylic acids is 1. The van der Waals surface area contributed by atoms with Crippen molar-refractivity contribution in [2.45, 2.75) is 18.9 Å². The van der Waals surface area contributed by atoms with Gasteiger partial charge >= 0.3 is 0 Å². The maximum Gasteiger partial charge on any atom is 0.266 e. The number of hydrogen-bond donors (Lipinski definition) is 0. The molecule has 2 aromatic rings. The van der Waals surface area contributed by atoms with Crippen molar-refractivity contribution in [2.24, 2.45) is 0 Å². The minimum Gasteiger partial charge on any atom is -0.480 e. The van der Waals surface area contributed by atoms with Crippen LogP contribution >= 0.6 is 24.8 Å². The number of rotatable bonds is 4. The summed E-state index contributed by atoms with van der Waals surface area (Å²) in [5.74, 6) is 1.27. The van der Waals surface area contributed by atoms with Gasteiger partial charge in [0.05, 0.1) is 6.04 Å². The number of benzene rings is 1. The van der Waals surface area contributed by atoms with Gasteiger partial charge in [0.15, 0.2) is 18.2 Å². The third-order valence-corrected chi connectivity index (χ3v) is 4.72. The summed E-state index contributed by atoms with van der Waals surface area (Å²) in [5.41, 5.74) is 1.14. The number of anilines is 1. The van der Waals surface area contributed by atoms with E-state index in [1.165, 1.54) is 12.8 Å². The van der Waals surface area contributed by atoms with Crippen LogP contribution in [-0.4, -0.2) is 42.0 Å².